The minimum absolute atomic E-state index is 0.152. The van der Waals surface area contributed by atoms with Gasteiger partial charge in [-0.25, -0.2) is 0 Å². The molecule has 3 aromatic rings. The maximum absolute atomic E-state index is 13.2. The Hall–Kier alpha value is -3.99. The van der Waals surface area contributed by atoms with E-state index in [-0.39, 0.29) is 23.7 Å². The third-order valence-corrected chi connectivity index (χ3v) is 6.64. The van der Waals surface area contributed by atoms with Gasteiger partial charge in [-0.1, -0.05) is 72.3 Å². The number of carbonyl (C=O) groups is 3. The second-order valence-corrected chi connectivity index (χ2v) is 8.88. The minimum Gasteiger partial charge on any atom is -0.426 e. The van der Waals surface area contributed by atoms with E-state index in [9.17, 15) is 14.4 Å². The average molecular weight is 452 g/mol. The summed E-state index contributed by atoms with van der Waals surface area (Å²) in [7, 11) is 0. The smallest absolute Gasteiger partial charge is 0.323 e. The highest BCUT2D eigenvalue weighted by molar-refractivity contribution is 6.22. The summed E-state index contributed by atoms with van der Waals surface area (Å²) in [5.41, 5.74) is 3.34. The van der Waals surface area contributed by atoms with E-state index >= 15 is 0 Å². The predicted octanol–water partition coefficient (Wildman–Crippen LogP) is 5.27. The van der Waals surface area contributed by atoms with E-state index in [0.717, 1.165) is 16.7 Å². The number of amides is 2. The molecule has 5 heteroatoms. The molecule has 2 aliphatic rings. The van der Waals surface area contributed by atoms with Crippen molar-refractivity contribution in [2.75, 3.05) is 4.90 Å². The number of hydrogen-bond acceptors (Lipinski definition) is 4. The highest BCUT2D eigenvalue weighted by Crippen LogP contribution is 2.40. The molecule has 1 heterocycles. The molecule has 3 aromatic carbocycles. The number of hydrogen-bond donors (Lipinski definition) is 0. The lowest BCUT2D eigenvalue weighted by Crippen LogP contribution is -2.30. The van der Waals surface area contributed by atoms with Crippen LogP contribution >= 0.6 is 0 Å². The van der Waals surface area contributed by atoms with E-state index in [0.29, 0.717) is 24.3 Å². The van der Waals surface area contributed by atoms with E-state index in [2.05, 4.69) is 0 Å². The molecule has 1 aliphatic heterocycles. The van der Waals surface area contributed by atoms with Crippen molar-refractivity contribution in [1.82, 2.24) is 0 Å². The number of benzene rings is 3. The van der Waals surface area contributed by atoms with Crippen LogP contribution in [-0.4, -0.2) is 17.8 Å². The maximum Gasteiger partial charge on any atom is 0.323 e. The topological polar surface area (TPSA) is 63.7 Å². The lowest BCUT2D eigenvalue weighted by molar-refractivity contribution is -0.135. The molecule has 0 radical (unpaired) electrons. The summed E-state index contributed by atoms with van der Waals surface area (Å²) in [6, 6.07) is 25.6. The summed E-state index contributed by atoms with van der Waals surface area (Å²) in [6.45, 7) is 2.00. The molecule has 34 heavy (non-hydrogen) atoms. The van der Waals surface area contributed by atoms with Crippen molar-refractivity contribution < 1.29 is 19.1 Å². The number of ether oxygens (including phenoxy) is 1. The third kappa shape index (κ3) is 4.05. The minimum atomic E-state index is -0.567. The first-order valence-electron chi connectivity index (χ1n) is 11.5. The first-order valence-corrected chi connectivity index (χ1v) is 11.5. The number of rotatable bonds is 5. The SMILES string of the molecule is CC1=CC[C@H]2C(=O)N(c3ccc(OC(=O)C(c4ccccc4)c4ccccc4)cc3)C(=O)[C@H]2C1. The Labute approximate surface area is 198 Å². The van der Waals surface area contributed by atoms with Crippen LogP contribution in [0.3, 0.4) is 0 Å². The number of allylic oxidation sites excluding steroid dienone is 2. The van der Waals surface area contributed by atoms with Gasteiger partial charge in [0, 0.05) is 0 Å². The third-order valence-electron chi connectivity index (χ3n) is 6.64. The van der Waals surface area contributed by atoms with Crippen molar-refractivity contribution in [3.63, 3.8) is 0 Å². The van der Waals surface area contributed by atoms with Crippen molar-refractivity contribution in [2.45, 2.75) is 25.7 Å². The molecule has 0 unspecified atom stereocenters. The number of nitrogens with zero attached hydrogens (tertiary/aromatic N) is 1. The lowest BCUT2D eigenvalue weighted by atomic mass is 9.82. The molecule has 5 nitrogen and oxygen atoms in total. The molecule has 5 rings (SSSR count). The number of carbonyl (C=O) groups excluding carboxylic acids is 3. The summed E-state index contributed by atoms with van der Waals surface area (Å²) in [4.78, 5) is 40.4. The van der Waals surface area contributed by atoms with Crippen molar-refractivity contribution in [2.24, 2.45) is 11.8 Å². The van der Waals surface area contributed by atoms with E-state index in [1.807, 2.05) is 73.7 Å². The maximum atomic E-state index is 13.2. The Balaban J connectivity index is 1.35. The van der Waals surface area contributed by atoms with Gasteiger partial charge >= 0.3 is 5.97 Å². The molecule has 1 aliphatic carbocycles. The van der Waals surface area contributed by atoms with Crippen molar-refractivity contribution in [1.29, 1.82) is 0 Å². The van der Waals surface area contributed by atoms with Crippen LogP contribution in [-0.2, 0) is 14.4 Å². The quantitative estimate of drug-likeness (QED) is 0.229. The second kappa shape index (κ2) is 9.10. The zero-order valence-corrected chi connectivity index (χ0v) is 18.9. The van der Waals surface area contributed by atoms with Gasteiger partial charge in [-0.15, -0.1) is 0 Å². The molecule has 0 bridgehead atoms. The van der Waals surface area contributed by atoms with Gasteiger partial charge in [-0.2, -0.15) is 0 Å². The molecule has 2 amide bonds. The Morgan fingerprint density at radius 1 is 0.824 bits per heavy atom. The van der Waals surface area contributed by atoms with E-state index in [4.69, 9.17) is 4.74 Å². The van der Waals surface area contributed by atoms with Gasteiger partial charge in [0.1, 0.15) is 11.7 Å². The van der Waals surface area contributed by atoms with E-state index < -0.39 is 11.9 Å². The van der Waals surface area contributed by atoms with Gasteiger partial charge in [0.25, 0.3) is 0 Å². The predicted molar refractivity (Wildman–Crippen MR) is 129 cm³/mol. The number of fused-ring (bicyclic) bond motifs is 1. The van der Waals surface area contributed by atoms with Crippen molar-refractivity contribution in [3.05, 3.63) is 108 Å². The van der Waals surface area contributed by atoms with E-state index in [1.165, 1.54) is 4.90 Å². The van der Waals surface area contributed by atoms with Crippen molar-refractivity contribution in [3.8, 4) is 5.75 Å². The Bertz CT molecular complexity index is 1210. The highest BCUT2D eigenvalue weighted by atomic mass is 16.5. The molecule has 0 aromatic heterocycles. The summed E-state index contributed by atoms with van der Waals surface area (Å²) in [5.74, 6) is -1.48. The molecule has 2 atom stereocenters. The summed E-state index contributed by atoms with van der Waals surface area (Å²) >= 11 is 0. The van der Waals surface area contributed by atoms with Crippen molar-refractivity contribution >= 4 is 23.5 Å². The molecule has 0 N–H and O–H groups in total. The van der Waals surface area contributed by atoms with Crippen LogP contribution in [0.5, 0.6) is 5.75 Å². The first kappa shape index (κ1) is 21.8. The zero-order valence-electron chi connectivity index (χ0n) is 18.9. The van der Waals surface area contributed by atoms with Crippen LogP contribution in [0.4, 0.5) is 5.69 Å². The molecule has 0 saturated carbocycles. The van der Waals surface area contributed by atoms with Gasteiger partial charge in [0.15, 0.2) is 0 Å². The van der Waals surface area contributed by atoms with E-state index in [1.54, 1.807) is 24.3 Å². The van der Waals surface area contributed by atoms with Gasteiger partial charge < -0.3 is 4.74 Å². The highest BCUT2D eigenvalue weighted by Gasteiger charge is 2.48. The molecule has 0 spiro atoms. The van der Waals surface area contributed by atoms with Crippen LogP contribution in [0.25, 0.3) is 0 Å². The number of anilines is 1. The first-order chi connectivity index (χ1) is 16.5. The lowest BCUT2D eigenvalue weighted by Gasteiger charge is -2.19. The molecule has 1 saturated heterocycles. The molecular formula is C29H25NO4. The molecule has 1 fully saturated rings. The number of esters is 1. The normalized spacial score (nSPS) is 19.7. The zero-order chi connectivity index (χ0) is 23.7. The van der Waals surface area contributed by atoms with Gasteiger partial charge in [0.05, 0.1) is 17.5 Å². The Morgan fingerprint density at radius 2 is 1.38 bits per heavy atom. The standard InChI is InChI=1S/C29H25NO4/c1-19-12-17-24-25(18-19)28(32)30(27(24)31)22-13-15-23(16-14-22)34-29(33)26(20-8-4-2-5-9-20)21-10-6-3-7-11-21/h2-16,24-26H,17-18H2,1H3/t24-,25+/m1/s1. The van der Waals surface area contributed by atoms with Gasteiger partial charge in [0.2, 0.25) is 11.8 Å². The monoisotopic (exact) mass is 451 g/mol. The fourth-order valence-corrected chi connectivity index (χ4v) is 4.89. The summed E-state index contributed by atoms with van der Waals surface area (Å²) in [5, 5.41) is 0. The largest absolute Gasteiger partial charge is 0.426 e. The van der Waals surface area contributed by atoms with Crippen LogP contribution in [0.15, 0.2) is 96.6 Å². The van der Waals surface area contributed by atoms with Crippen LogP contribution in [0, 0.1) is 11.8 Å². The summed E-state index contributed by atoms with van der Waals surface area (Å²) in [6.07, 6.45) is 3.28. The van der Waals surface area contributed by atoms with Gasteiger partial charge in [-0.05, 0) is 55.2 Å². The Kier molecular flexibility index (Phi) is 5.84. The summed E-state index contributed by atoms with van der Waals surface area (Å²) < 4.78 is 5.73. The fraction of sp³-hybridized carbons (Fsp3) is 0.207. The van der Waals surface area contributed by atoms with Crippen LogP contribution in [0.1, 0.15) is 36.8 Å². The number of imide groups is 1. The second-order valence-electron chi connectivity index (χ2n) is 8.88. The fourth-order valence-electron chi connectivity index (χ4n) is 4.89. The average Bonchev–Trinajstić information content (AvgIpc) is 3.10. The van der Waals surface area contributed by atoms with Gasteiger partial charge in [-0.3, -0.25) is 19.3 Å². The molecule has 170 valence electrons. The van der Waals surface area contributed by atoms with Crippen LogP contribution < -0.4 is 9.64 Å². The van der Waals surface area contributed by atoms with Crippen LogP contribution in [0.2, 0.25) is 0 Å². The molecular weight excluding hydrogens is 426 g/mol. The Morgan fingerprint density at radius 3 is 1.97 bits per heavy atom.